The number of aromatic amines is 1. The number of hydrogen-bond donors (Lipinski definition) is 4. The molecule has 4 fully saturated rings. The van der Waals surface area contributed by atoms with E-state index in [1.165, 1.54) is 104 Å². The maximum absolute atomic E-state index is 16.1. The average molecular weight is 1870 g/mol. The second-order valence-electron chi connectivity index (χ2n) is 32.7. The van der Waals surface area contributed by atoms with Crippen molar-refractivity contribution >= 4 is 148 Å². The number of benzene rings is 8. The zero-order valence-electron chi connectivity index (χ0n) is 72.4. The SMILES string of the molecule is C=CC(=O)N1CCN(c2ncnc3c(F)c(-c4c(O)cccc4F)c(Cl)cc23)[C@@H](C(C)C)C1.C=CC(=O)N1C[C@@H](C)N(c2ncnc3c(F)c(-c4c(O)cccc4F)c(Cl)cc23)[C@@H](C)C1.C=CC(=O)N1C[C@@H](C)N(c2ncnc3c(F)c(-c4c(O)cccc4F)c(Cl)cc23)[C@H](C)C1.C=CC(=O)N1[C@H](C)CN(c2ncnc3c(F)c(-c4c(C)ccc5cn[nH]c45)c(Cl)cc23)C[C@@H]1C. The molecule has 36 heteroatoms. The molecule has 0 unspecified atom stereocenters. The zero-order chi connectivity index (χ0) is 94.3. The summed E-state index contributed by atoms with van der Waals surface area (Å²) in [6.45, 7) is 36.2. The number of anilines is 4. The van der Waals surface area contributed by atoms with Crippen LogP contribution in [0.4, 0.5) is 54.0 Å². The second-order valence-corrected chi connectivity index (χ2v) is 34.3. The van der Waals surface area contributed by atoms with E-state index in [4.69, 9.17) is 46.4 Å². The van der Waals surface area contributed by atoms with Crippen LogP contribution in [0.5, 0.6) is 17.2 Å². The molecule has 4 saturated heterocycles. The van der Waals surface area contributed by atoms with Gasteiger partial charge in [-0.05, 0) is 145 Å². The van der Waals surface area contributed by atoms with Gasteiger partial charge in [-0.25, -0.2) is 70.6 Å². The van der Waals surface area contributed by atoms with Gasteiger partial charge in [0.15, 0.2) is 23.3 Å². The number of carbonyl (C=O) groups excluding carboxylic acids is 4. The average Bonchev–Trinajstić information content (AvgIpc) is 1.70. The summed E-state index contributed by atoms with van der Waals surface area (Å²) in [6, 6.07) is 20.4. The molecule has 4 amide bonds. The molecule has 5 aromatic heterocycles. The highest BCUT2D eigenvalue weighted by atomic mass is 35.5. The van der Waals surface area contributed by atoms with E-state index >= 15 is 17.6 Å². The number of fused-ring (bicyclic) bond motifs is 5. The van der Waals surface area contributed by atoms with Gasteiger partial charge < -0.3 is 54.5 Å². The van der Waals surface area contributed by atoms with Crippen LogP contribution in [0, 0.1) is 53.6 Å². The lowest BCUT2D eigenvalue weighted by Crippen LogP contribution is -2.58. The van der Waals surface area contributed by atoms with E-state index in [0.29, 0.717) is 109 Å². The summed E-state index contributed by atoms with van der Waals surface area (Å²) in [5.74, 6) is -5.11. The van der Waals surface area contributed by atoms with Gasteiger partial charge in [0.1, 0.15) is 105 Å². The Hall–Kier alpha value is -13.3. The summed E-state index contributed by atoms with van der Waals surface area (Å²) in [6.07, 6.45) is 12.0. The fraction of sp³-hybridized carbons (Fsp3) is 0.274. The Morgan fingerprint density at radius 1 is 0.420 bits per heavy atom. The van der Waals surface area contributed by atoms with Crippen LogP contribution < -0.4 is 19.6 Å². The van der Waals surface area contributed by atoms with Gasteiger partial charge in [-0.15, -0.1) is 0 Å². The fourth-order valence-corrected chi connectivity index (χ4v) is 19.2. The van der Waals surface area contributed by atoms with Crippen molar-refractivity contribution in [2.45, 2.75) is 105 Å². The van der Waals surface area contributed by atoms with E-state index in [-0.39, 0.29) is 153 Å². The summed E-state index contributed by atoms with van der Waals surface area (Å²) in [5.41, 5.74) is 0.880. The lowest BCUT2D eigenvalue weighted by Gasteiger charge is -2.45. The van der Waals surface area contributed by atoms with E-state index in [1.54, 1.807) is 27.0 Å². The number of piperazine rings is 4. The van der Waals surface area contributed by atoms with Crippen molar-refractivity contribution in [1.82, 2.24) is 69.7 Å². The van der Waals surface area contributed by atoms with E-state index in [2.05, 4.69) is 81.3 Å². The predicted octanol–water partition coefficient (Wildman–Crippen LogP) is 18.8. The molecule has 7 atom stereocenters. The van der Waals surface area contributed by atoms with Gasteiger partial charge in [0.2, 0.25) is 23.6 Å². The van der Waals surface area contributed by atoms with Crippen LogP contribution in [0.1, 0.15) is 61.0 Å². The monoisotopic (exact) mass is 1870 g/mol. The molecule has 13 aromatic rings. The topological polar surface area (TPSA) is 287 Å². The molecule has 131 heavy (non-hydrogen) atoms. The first-order valence-corrected chi connectivity index (χ1v) is 43.2. The Morgan fingerprint density at radius 2 is 0.763 bits per heavy atom. The van der Waals surface area contributed by atoms with Gasteiger partial charge in [-0.1, -0.05) is 117 Å². The van der Waals surface area contributed by atoms with Crippen molar-refractivity contribution in [2.75, 3.05) is 78.5 Å². The van der Waals surface area contributed by atoms with E-state index in [9.17, 15) is 47.7 Å². The molecular formula is C95H89Cl4F7N18O7. The molecule has 25 nitrogen and oxygen atoms in total. The molecule has 17 rings (SSSR count). The number of aryl methyl sites for hydroxylation is 1. The summed E-state index contributed by atoms with van der Waals surface area (Å²) >= 11 is 25.9. The second kappa shape index (κ2) is 38.8. The molecule has 0 spiro atoms. The maximum atomic E-state index is 16.1. The highest BCUT2D eigenvalue weighted by Crippen LogP contribution is 2.49. The van der Waals surface area contributed by atoms with Crippen molar-refractivity contribution in [1.29, 1.82) is 0 Å². The molecule has 4 aliphatic heterocycles. The van der Waals surface area contributed by atoms with Crippen molar-refractivity contribution < 1.29 is 65.2 Å². The number of amides is 4. The van der Waals surface area contributed by atoms with Crippen molar-refractivity contribution in [3.63, 3.8) is 0 Å². The number of phenolic OH excluding ortho intramolecular Hbond substituents is 3. The number of nitrogens with one attached hydrogen (secondary N) is 1. The largest absolute Gasteiger partial charge is 0.507 e. The van der Waals surface area contributed by atoms with Crippen LogP contribution in [0.25, 0.3) is 99.0 Å². The minimum atomic E-state index is -0.850. The summed E-state index contributed by atoms with van der Waals surface area (Å²) in [4.78, 5) is 97.8. The first kappa shape index (κ1) is 93.8. The molecular weight excluding hydrogens is 1780 g/mol. The standard InChI is InChI=1S/C25H24ClFN6O.C24H23ClF2N4O2.2C23H21ClF2N4O2/c1-5-19(34)33-14(3)10-32(11-15(33)4)25-17-8-18(26)21(22(27)24(17)28-12-29-25)20-13(2)6-7-16-9-30-31-23(16)20;1-4-19(33)30-8-9-31(17(11-30)13(2)3)24-14-10-15(25)20(22(27)23(14)28-12-29-24)21-16(26)6-5-7-18(21)32;2*1-4-18(32)29-9-12(2)30(13(3)10-29)23-14-8-15(24)19(21(26)22(14)27-11-28-23)20-16(25)6-5-7-17(20)31/h5-9,12,14-15H,1,10-11H2,2-4H3,(H,30,31);4-7,10,12-13,17,32H,1,8-9,11H2,2-3H3;2*4-8,11-13,31H,1,9-10H2,2-3H3/t14-,15+;17-;12-,13+;12-,13-/m.1.1/s1. The van der Waals surface area contributed by atoms with Crippen LogP contribution in [-0.4, -0.2) is 210 Å². The Labute approximate surface area is 768 Å². The quantitative estimate of drug-likeness (QED) is 0.0616. The number of aromatic nitrogens is 10. The minimum absolute atomic E-state index is 0.0332. The summed E-state index contributed by atoms with van der Waals surface area (Å²) in [5, 5.41) is 40.0. The number of carbonyl (C=O) groups is 4. The number of phenols is 3. The lowest BCUT2D eigenvalue weighted by atomic mass is 9.96. The van der Waals surface area contributed by atoms with E-state index in [0.717, 1.165) is 34.7 Å². The highest BCUT2D eigenvalue weighted by molar-refractivity contribution is 6.36. The van der Waals surface area contributed by atoms with E-state index in [1.807, 2.05) is 94.0 Å². The van der Waals surface area contributed by atoms with Crippen molar-refractivity contribution in [3.8, 4) is 61.8 Å². The summed E-state index contributed by atoms with van der Waals surface area (Å²) in [7, 11) is 0. The van der Waals surface area contributed by atoms with Gasteiger partial charge >= 0.3 is 0 Å². The first-order valence-electron chi connectivity index (χ1n) is 41.7. The van der Waals surface area contributed by atoms with Crippen LogP contribution >= 0.6 is 46.4 Å². The van der Waals surface area contributed by atoms with Crippen LogP contribution in [0.2, 0.25) is 20.1 Å². The zero-order valence-corrected chi connectivity index (χ0v) is 75.4. The Morgan fingerprint density at radius 3 is 1.13 bits per heavy atom. The molecule has 9 heterocycles. The minimum Gasteiger partial charge on any atom is -0.507 e. The maximum Gasteiger partial charge on any atom is 0.246 e. The highest BCUT2D eigenvalue weighted by Gasteiger charge is 2.40. The molecule has 0 aliphatic carbocycles. The molecule has 4 N–H and O–H groups in total. The number of H-pyrrole nitrogens is 1. The smallest absolute Gasteiger partial charge is 0.246 e. The molecule has 0 bridgehead atoms. The predicted molar refractivity (Wildman–Crippen MR) is 496 cm³/mol. The fourth-order valence-electron chi connectivity index (χ4n) is 18.1. The Balaban J connectivity index is 0.000000141. The third-order valence-electron chi connectivity index (χ3n) is 23.9. The Bertz CT molecular complexity index is 6470. The van der Waals surface area contributed by atoms with Gasteiger partial charge in [0.05, 0.1) is 54.5 Å². The number of aromatic hydroxyl groups is 3. The Kier molecular flexibility index (Phi) is 27.8. The molecule has 8 aromatic carbocycles. The number of nitrogens with zero attached hydrogens (tertiary/aromatic N) is 17. The van der Waals surface area contributed by atoms with Gasteiger partial charge in [-0.3, -0.25) is 24.3 Å². The summed E-state index contributed by atoms with van der Waals surface area (Å²) < 4.78 is 106. The van der Waals surface area contributed by atoms with Crippen molar-refractivity contribution in [3.05, 3.63) is 239 Å². The third kappa shape index (κ3) is 17.9. The normalized spacial score (nSPS) is 18.2. The van der Waals surface area contributed by atoms with E-state index < -0.39 is 58.0 Å². The van der Waals surface area contributed by atoms with Gasteiger partial charge in [-0.2, -0.15) is 5.10 Å². The third-order valence-corrected chi connectivity index (χ3v) is 25.1. The van der Waals surface area contributed by atoms with Crippen LogP contribution in [0.15, 0.2) is 173 Å². The molecule has 678 valence electrons. The number of rotatable bonds is 13. The van der Waals surface area contributed by atoms with Crippen molar-refractivity contribution in [2.24, 2.45) is 5.92 Å². The van der Waals surface area contributed by atoms with Gasteiger partial charge in [0.25, 0.3) is 0 Å². The number of halogens is 11. The molecule has 0 radical (unpaired) electrons. The van der Waals surface area contributed by atoms with Gasteiger partial charge in [0, 0.05) is 150 Å². The van der Waals surface area contributed by atoms with Crippen LogP contribution in [-0.2, 0) is 19.2 Å². The number of hydrogen-bond acceptors (Lipinski definition) is 20. The molecule has 4 aliphatic rings. The molecule has 0 saturated carbocycles. The first-order chi connectivity index (χ1) is 62.5. The lowest BCUT2D eigenvalue weighted by molar-refractivity contribution is -0.131. The van der Waals surface area contributed by atoms with Crippen LogP contribution in [0.3, 0.4) is 0 Å².